The Morgan fingerprint density at radius 1 is 1.50 bits per heavy atom. The molecule has 0 radical (unpaired) electrons. The molecular weight excluding hydrogens is 272 g/mol. The van der Waals surface area contributed by atoms with E-state index < -0.39 is 5.97 Å². The Balaban J connectivity index is 2.48. The smallest absolute Gasteiger partial charge is 0.341 e. The third-order valence-electron chi connectivity index (χ3n) is 2.16. The minimum atomic E-state index is -0.399. The number of nitrogens with one attached hydrogen (secondary N) is 1. The third kappa shape index (κ3) is 1.99. The van der Waals surface area contributed by atoms with Crippen molar-refractivity contribution in [2.45, 2.75) is 0 Å². The first-order valence-electron chi connectivity index (χ1n) is 4.60. The zero-order chi connectivity index (χ0) is 11.5. The van der Waals surface area contributed by atoms with Gasteiger partial charge in [0.2, 0.25) is 0 Å². The SMILES string of the molecule is COC(=O)c1cn[nH]c1-c1cccc(Br)c1. The summed E-state index contributed by atoms with van der Waals surface area (Å²) in [7, 11) is 1.35. The standard InChI is InChI=1S/C11H9BrN2O2/c1-16-11(15)9-6-13-14-10(9)7-3-2-4-8(12)5-7/h2-6H,1H3,(H,13,14). The lowest BCUT2D eigenvalue weighted by molar-refractivity contribution is 0.0601. The Labute approximate surface area is 101 Å². The van der Waals surface area contributed by atoms with Gasteiger partial charge in [0.05, 0.1) is 19.0 Å². The van der Waals surface area contributed by atoms with Gasteiger partial charge in [0.25, 0.3) is 0 Å². The Kier molecular flexibility index (Phi) is 3.05. The third-order valence-corrected chi connectivity index (χ3v) is 2.65. The van der Waals surface area contributed by atoms with Crippen LogP contribution in [-0.2, 0) is 4.74 Å². The monoisotopic (exact) mass is 280 g/mol. The van der Waals surface area contributed by atoms with Crippen molar-refractivity contribution in [3.63, 3.8) is 0 Å². The van der Waals surface area contributed by atoms with Crippen LogP contribution in [0.15, 0.2) is 34.9 Å². The normalized spacial score (nSPS) is 10.1. The zero-order valence-electron chi connectivity index (χ0n) is 8.53. The fourth-order valence-electron chi connectivity index (χ4n) is 1.41. The number of methoxy groups -OCH3 is 1. The molecule has 1 aromatic carbocycles. The van der Waals surface area contributed by atoms with Crippen molar-refractivity contribution < 1.29 is 9.53 Å². The van der Waals surface area contributed by atoms with Gasteiger partial charge in [0.15, 0.2) is 0 Å². The Bertz CT molecular complexity index is 522. The number of carbonyl (C=O) groups is 1. The van der Waals surface area contributed by atoms with Crippen LogP contribution < -0.4 is 0 Å². The van der Waals surface area contributed by atoms with Crippen LogP contribution in [0.1, 0.15) is 10.4 Å². The molecule has 0 aliphatic heterocycles. The van der Waals surface area contributed by atoms with Crippen molar-refractivity contribution in [2.75, 3.05) is 7.11 Å². The first kappa shape index (κ1) is 10.9. The Morgan fingerprint density at radius 3 is 3.00 bits per heavy atom. The summed E-state index contributed by atoms with van der Waals surface area (Å²) in [4.78, 5) is 11.5. The first-order valence-corrected chi connectivity index (χ1v) is 5.39. The van der Waals surface area contributed by atoms with Gasteiger partial charge in [0, 0.05) is 10.0 Å². The van der Waals surface area contributed by atoms with Crippen LogP contribution in [-0.4, -0.2) is 23.3 Å². The van der Waals surface area contributed by atoms with Gasteiger partial charge < -0.3 is 4.74 Å². The summed E-state index contributed by atoms with van der Waals surface area (Å²) in [6, 6.07) is 7.60. The summed E-state index contributed by atoms with van der Waals surface area (Å²) >= 11 is 3.38. The molecule has 0 aliphatic rings. The lowest BCUT2D eigenvalue weighted by Gasteiger charge is -2.02. The highest BCUT2D eigenvalue weighted by atomic mass is 79.9. The predicted molar refractivity (Wildman–Crippen MR) is 63.1 cm³/mol. The van der Waals surface area contributed by atoms with Gasteiger partial charge in [-0.2, -0.15) is 5.10 Å². The number of aromatic nitrogens is 2. The van der Waals surface area contributed by atoms with Crippen molar-refractivity contribution in [1.82, 2.24) is 10.2 Å². The maximum atomic E-state index is 11.5. The molecule has 0 saturated carbocycles. The average Bonchev–Trinajstić information content (AvgIpc) is 2.77. The van der Waals surface area contributed by atoms with E-state index in [9.17, 15) is 4.79 Å². The van der Waals surface area contributed by atoms with Gasteiger partial charge in [0.1, 0.15) is 5.56 Å². The van der Waals surface area contributed by atoms with Crippen LogP contribution in [0.5, 0.6) is 0 Å². The maximum Gasteiger partial charge on any atom is 0.341 e. The van der Waals surface area contributed by atoms with E-state index in [1.54, 1.807) is 0 Å². The number of hydrogen-bond donors (Lipinski definition) is 1. The van der Waals surface area contributed by atoms with Crippen LogP contribution in [0.25, 0.3) is 11.3 Å². The second kappa shape index (κ2) is 4.49. The van der Waals surface area contributed by atoms with Crippen LogP contribution in [0.4, 0.5) is 0 Å². The number of esters is 1. The van der Waals surface area contributed by atoms with Gasteiger partial charge in [-0.15, -0.1) is 0 Å². The van der Waals surface area contributed by atoms with Gasteiger partial charge in [-0.3, -0.25) is 5.10 Å². The second-order valence-electron chi connectivity index (χ2n) is 3.16. The van der Waals surface area contributed by atoms with Crippen LogP contribution in [0.3, 0.4) is 0 Å². The molecule has 0 bridgehead atoms. The van der Waals surface area contributed by atoms with Crippen LogP contribution >= 0.6 is 15.9 Å². The summed E-state index contributed by atoms with van der Waals surface area (Å²) in [5.74, 6) is -0.399. The number of hydrogen-bond acceptors (Lipinski definition) is 3. The number of aromatic amines is 1. The number of benzene rings is 1. The molecule has 0 amide bonds. The minimum Gasteiger partial charge on any atom is -0.465 e. The molecule has 4 nitrogen and oxygen atoms in total. The molecule has 2 aromatic rings. The molecular formula is C11H9BrN2O2. The highest BCUT2D eigenvalue weighted by molar-refractivity contribution is 9.10. The molecule has 5 heteroatoms. The van der Waals surface area contributed by atoms with Gasteiger partial charge in [-0.05, 0) is 12.1 Å². The molecule has 0 unspecified atom stereocenters. The summed E-state index contributed by atoms with van der Waals surface area (Å²) in [5.41, 5.74) is 1.97. The van der Waals surface area contributed by atoms with Gasteiger partial charge in [-0.25, -0.2) is 4.79 Å². The number of rotatable bonds is 2. The fourth-order valence-corrected chi connectivity index (χ4v) is 1.81. The lowest BCUT2D eigenvalue weighted by Crippen LogP contribution is -2.01. The van der Waals surface area contributed by atoms with Gasteiger partial charge in [-0.1, -0.05) is 28.1 Å². The van der Waals surface area contributed by atoms with E-state index in [0.29, 0.717) is 11.3 Å². The minimum absolute atomic E-state index is 0.399. The Hall–Kier alpha value is -1.62. The molecule has 1 N–H and O–H groups in total. The molecule has 2 rings (SSSR count). The zero-order valence-corrected chi connectivity index (χ0v) is 10.1. The lowest BCUT2D eigenvalue weighted by atomic mass is 10.1. The number of nitrogens with zero attached hydrogens (tertiary/aromatic N) is 1. The number of ether oxygens (including phenoxy) is 1. The fraction of sp³-hybridized carbons (Fsp3) is 0.0909. The molecule has 1 heterocycles. The summed E-state index contributed by atoms with van der Waals surface area (Å²) in [6.45, 7) is 0. The number of H-pyrrole nitrogens is 1. The maximum absolute atomic E-state index is 11.5. The van der Waals surface area contributed by atoms with E-state index >= 15 is 0 Å². The molecule has 82 valence electrons. The summed E-state index contributed by atoms with van der Waals surface area (Å²) in [6.07, 6.45) is 1.46. The Morgan fingerprint density at radius 2 is 2.31 bits per heavy atom. The average molecular weight is 281 g/mol. The van der Waals surface area contributed by atoms with Gasteiger partial charge >= 0.3 is 5.97 Å². The van der Waals surface area contributed by atoms with E-state index in [0.717, 1.165) is 10.0 Å². The van der Waals surface area contributed by atoms with Crippen molar-refractivity contribution in [3.8, 4) is 11.3 Å². The highest BCUT2D eigenvalue weighted by Crippen LogP contribution is 2.24. The van der Waals surface area contributed by atoms with E-state index in [-0.39, 0.29) is 0 Å². The number of carbonyl (C=O) groups excluding carboxylic acids is 1. The quantitative estimate of drug-likeness (QED) is 0.861. The summed E-state index contributed by atoms with van der Waals surface area (Å²) < 4.78 is 5.62. The van der Waals surface area contributed by atoms with Crippen LogP contribution in [0.2, 0.25) is 0 Å². The van der Waals surface area contributed by atoms with Crippen molar-refractivity contribution in [3.05, 3.63) is 40.5 Å². The van der Waals surface area contributed by atoms with Crippen molar-refractivity contribution in [1.29, 1.82) is 0 Å². The molecule has 1 aromatic heterocycles. The van der Waals surface area contributed by atoms with E-state index in [1.165, 1.54) is 13.3 Å². The topological polar surface area (TPSA) is 55.0 Å². The van der Waals surface area contributed by atoms with Crippen molar-refractivity contribution >= 4 is 21.9 Å². The predicted octanol–water partition coefficient (Wildman–Crippen LogP) is 2.63. The molecule has 16 heavy (non-hydrogen) atoms. The first-order chi connectivity index (χ1) is 7.72. The van der Waals surface area contributed by atoms with E-state index in [4.69, 9.17) is 0 Å². The largest absolute Gasteiger partial charge is 0.465 e. The second-order valence-corrected chi connectivity index (χ2v) is 4.08. The van der Waals surface area contributed by atoms with E-state index in [2.05, 4.69) is 30.9 Å². The highest BCUT2D eigenvalue weighted by Gasteiger charge is 2.15. The molecule has 0 atom stereocenters. The van der Waals surface area contributed by atoms with Crippen LogP contribution in [0, 0.1) is 0 Å². The van der Waals surface area contributed by atoms with E-state index in [1.807, 2.05) is 24.3 Å². The molecule has 0 saturated heterocycles. The summed E-state index contributed by atoms with van der Waals surface area (Å²) in [5, 5.41) is 6.65. The molecule has 0 aliphatic carbocycles. The molecule has 0 fully saturated rings. The van der Waals surface area contributed by atoms with Crippen molar-refractivity contribution in [2.24, 2.45) is 0 Å². The molecule has 0 spiro atoms. The number of halogens is 1.